The Morgan fingerprint density at radius 3 is 2.83 bits per heavy atom. The van der Waals surface area contributed by atoms with Crippen LogP contribution < -0.4 is 5.32 Å². The van der Waals surface area contributed by atoms with Crippen molar-refractivity contribution in [3.63, 3.8) is 0 Å². The molecule has 0 saturated heterocycles. The van der Waals surface area contributed by atoms with E-state index in [-0.39, 0.29) is 0 Å². The molecule has 0 aliphatic carbocycles. The molecule has 3 heterocycles. The number of nitrogens with one attached hydrogen (secondary N) is 2. The van der Waals surface area contributed by atoms with E-state index in [9.17, 15) is 0 Å². The van der Waals surface area contributed by atoms with Gasteiger partial charge in [-0.1, -0.05) is 48.5 Å². The number of aromatic amines is 1. The molecule has 2 aromatic carbocycles. The first-order valence-electron chi connectivity index (χ1n) is 10.4. The van der Waals surface area contributed by atoms with Gasteiger partial charge in [-0.15, -0.1) is 0 Å². The minimum Gasteiger partial charge on any atom is -0.361 e. The summed E-state index contributed by atoms with van der Waals surface area (Å²) in [7, 11) is 0. The average Bonchev–Trinajstić information content (AvgIpc) is 3.35. The molecule has 4 aromatic rings. The van der Waals surface area contributed by atoms with E-state index in [0.717, 1.165) is 51.4 Å². The van der Waals surface area contributed by atoms with E-state index < -0.39 is 0 Å². The fraction of sp³-hybridized carbons (Fsp3) is 0.292. The summed E-state index contributed by atoms with van der Waals surface area (Å²) in [5, 5.41) is 9.72. The first kappa shape index (κ1) is 18.2. The highest BCUT2D eigenvalue weighted by Crippen LogP contribution is 2.18. The Morgan fingerprint density at radius 1 is 1.03 bits per heavy atom. The standard InChI is InChI=1S/C24H27N5/c1-2-6-19(7-3-1)17-28-13-11-22-14-21(27-29(22)18-28)16-25-12-10-20-15-26-24-9-5-4-8-23(20)24/h1-9,14-15,25-26H,10-13,16-18H2. The second-order valence-electron chi connectivity index (χ2n) is 7.84. The zero-order chi connectivity index (χ0) is 19.5. The number of rotatable bonds is 7. The molecule has 0 fully saturated rings. The fourth-order valence-electron chi connectivity index (χ4n) is 4.21. The molecular weight excluding hydrogens is 358 g/mol. The van der Waals surface area contributed by atoms with E-state index in [1.54, 1.807) is 0 Å². The normalized spacial score (nSPS) is 14.3. The van der Waals surface area contributed by atoms with Gasteiger partial charge in [0.2, 0.25) is 0 Å². The molecule has 2 aromatic heterocycles. The lowest BCUT2D eigenvalue weighted by Gasteiger charge is -2.27. The maximum atomic E-state index is 4.83. The number of H-pyrrole nitrogens is 1. The van der Waals surface area contributed by atoms with Crippen LogP contribution in [0.15, 0.2) is 66.9 Å². The molecule has 0 unspecified atom stereocenters. The molecule has 2 N–H and O–H groups in total. The molecule has 1 aliphatic heterocycles. The van der Waals surface area contributed by atoms with Crippen molar-refractivity contribution in [3.05, 3.63) is 89.4 Å². The summed E-state index contributed by atoms with van der Waals surface area (Å²) in [6.45, 7) is 4.72. The summed E-state index contributed by atoms with van der Waals surface area (Å²) < 4.78 is 2.17. The maximum Gasteiger partial charge on any atom is 0.0935 e. The van der Waals surface area contributed by atoms with Gasteiger partial charge in [0.15, 0.2) is 0 Å². The average molecular weight is 386 g/mol. The predicted octanol–water partition coefficient (Wildman–Crippen LogP) is 3.71. The maximum absolute atomic E-state index is 4.83. The van der Waals surface area contributed by atoms with Gasteiger partial charge in [-0.2, -0.15) is 5.10 Å². The van der Waals surface area contributed by atoms with Crippen LogP contribution in [0.25, 0.3) is 10.9 Å². The zero-order valence-corrected chi connectivity index (χ0v) is 16.6. The summed E-state index contributed by atoms with van der Waals surface area (Å²) in [5.74, 6) is 0. The van der Waals surface area contributed by atoms with Crippen LogP contribution in [0.3, 0.4) is 0 Å². The Kier molecular flexibility index (Phi) is 5.15. The fourth-order valence-corrected chi connectivity index (χ4v) is 4.21. The number of nitrogens with zero attached hydrogens (tertiary/aromatic N) is 3. The van der Waals surface area contributed by atoms with Gasteiger partial charge in [0.1, 0.15) is 0 Å². The highest BCUT2D eigenvalue weighted by Gasteiger charge is 2.18. The SMILES string of the molecule is c1ccc(CN2CCc3cc(CNCCc4c[nH]c5ccccc45)nn3C2)cc1. The van der Waals surface area contributed by atoms with Crippen molar-refractivity contribution in [2.75, 3.05) is 13.1 Å². The Labute approximate surface area is 171 Å². The minimum atomic E-state index is 0.820. The van der Waals surface area contributed by atoms with Crippen molar-refractivity contribution in [1.82, 2.24) is 25.0 Å². The van der Waals surface area contributed by atoms with Gasteiger partial charge in [0.05, 0.1) is 12.4 Å². The van der Waals surface area contributed by atoms with Crippen LogP contribution >= 0.6 is 0 Å². The van der Waals surface area contributed by atoms with Crippen LogP contribution in [0.4, 0.5) is 0 Å². The van der Waals surface area contributed by atoms with Crippen LogP contribution in [-0.2, 0) is 32.6 Å². The Balaban J connectivity index is 1.14. The van der Waals surface area contributed by atoms with Crippen molar-refractivity contribution < 1.29 is 0 Å². The first-order valence-corrected chi connectivity index (χ1v) is 10.4. The second kappa shape index (κ2) is 8.23. The Hall–Kier alpha value is -2.89. The van der Waals surface area contributed by atoms with E-state index in [4.69, 9.17) is 5.10 Å². The quantitative estimate of drug-likeness (QED) is 0.477. The van der Waals surface area contributed by atoms with Crippen LogP contribution in [0.2, 0.25) is 0 Å². The van der Waals surface area contributed by atoms with Crippen molar-refractivity contribution in [3.8, 4) is 0 Å². The van der Waals surface area contributed by atoms with Crippen molar-refractivity contribution in [1.29, 1.82) is 0 Å². The summed E-state index contributed by atoms with van der Waals surface area (Å²) in [6.07, 6.45) is 4.21. The zero-order valence-electron chi connectivity index (χ0n) is 16.6. The Morgan fingerprint density at radius 2 is 1.90 bits per heavy atom. The lowest BCUT2D eigenvalue weighted by Crippen LogP contribution is -2.34. The van der Waals surface area contributed by atoms with Crippen molar-refractivity contribution >= 4 is 10.9 Å². The number of aromatic nitrogens is 3. The molecule has 29 heavy (non-hydrogen) atoms. The lowest BCUT2D eigenvalue weighted by atomic mass is 10.1. The van der Waals surface area contributed by atoms with E-state index in [2.05, 4.69) is 86.7 Å². The molecule has 5 heteroatoms. The van der Waals surface area contributed by atoms with Crippen LogP contribution in [0, 0.1) is 0 Å². The van der Waals surface area contributed by atoms with Crippen LogP contribution in [0.1, 0.15) is 22.5 Å². The molecule has 0 saturated carbocycles. The third kappa shape index (κ3) is 4.11. The third-order valence-electron chi connectivity index (χ3n) is 5.73. The molecule has 0 amide bonds. The summed E-state index contributed by atoms with van der Waals surface area (Å²) in [6, 6.07) is 21.4. The smallest absolute Gasteiger partial charge is 0.0935 e. The van der Waals surface area contributed by atoms with Gasteiger partial charge < -0.3 is 10.3 Å². The number of para-hydroxylation sites is 1. The summed E-state index contributed by atoms with van der Waals surface area (Å²) in [4.78, 5) is 5.81. The number of hydrogen-bond donors (Lipinski definition) is 2. The largest absolute Gasteiger partial charge is 0.361 e. The molecule has 5 rings (SSSR count). The van der Waals surface area contributed by atoms with Gasteiger partial charge >= 0.3 is 0 Å². The molecule has 0 atom stereocenters. The lowest BCUT2D eigenvalue weighted by molar-refractivity contribution is 0.173. The van der Waals surface area contributed by atoms with Crippen molar-refractivity contribution in [2.45, 2.75) is 32.6 Å². The molecule has 0 spiro atoms. The molecule has 5 nitrogen and oxygen atoms in total. The predicted molar refractivity (Wildman–Crippen MR) is 116 cm³/mol. The van der Waals surface area contributed by atoms with Gasteiger partial charge in [-0.25, -0.2) is 0 Å². The number of hydrogen-bond acceptors (Lipinski definition) is 3. The van der Waals surface area contributed by atoms with E-state index in [0.29, 0.717) is 0 Å². The highest BCUT2D eigenvalue weighted by atomic mass is 15.4. The number of benzene rings is 2. The Bertz CT molecular complexity index is 1080. The van der Waals surface area contributed by atoms with E-state index in [1.165, 1.54) is 27.7 Å². The highest BCUT2D eigenvalue weighted by molar-refractivity contribution is 5.83. The van der Waals surface area contributed by atoms with Gasteiger partial charge in [0, 0.05) is 48.8 Å². The topological polar surface area (TPSA) is 48.9 Å². The molecule has 0 bridgehead atoms. The molecule has 1 aliphatic rings. The van der Waals surface area contributed by atoms with Gasteiger partial charge in [-0.05, 0) is 36.2 Å². The van der Waals surface area contributed by atoms with Crippen LogP contribution in [-0.4, -0.2) is 32.8 Å². The van der Waals surface area contributed by atoms with E-state index >= 15 is 0 Å². The third-order valence-corrected chi connectivity index (χ3v) is 5.73. The molecule has 0 radical (unpaired) electrons. The first-order chi connectivity index (χ1) is 14.3. The molecule has 148 valence electrons. The minimum absolute atomic E-state index is 0.820. The van der Waals surface area contributed by atoms with E-state index in [1.807, 2.05) is 0 Å². The van der Waals surface area contributed by atoms with Crippen molar-refractivity contribution in [2.24, 2.45) is 0 Å². The summed E-state index contributed by atoms with van der Waals surface area (Å²) in [5.41, 5.74) is 6.43. The monoisotopic (exact) mass is 385 g/mol. The van der Waals surface area contributed by atoms with Crippen LogP contribution in [0.5, 0.6) is 0 Å². The molecular formula is C24H27N5. The van der Waals surface area contributed by atoms with Gasteiger partial charge in [-0.3, -0.25) is 9.58 Å². The number of fused-ring (bicyclic) bond motifs is 2. The van der Waals surface area contributed by atoms with Gasteiger partial charge in [0.25, 0.3) is 0 Å². The summed E-state index contributed by atoms with van der Waals surface area (Å²) >= 11 is 0. The second-order valence-corrected chi connectivity index (χ2v) is 7.84.